The Labute approximate surface area is 147 Å². The molecule has 23 heavy (non-hydrogen) atoms. The van der Waals surface area contributed by atoms with Gasteiger partial charge in [0.2, 0.25) is 0 Å². The second-order valence-corrected chi connectivity index (χ2v) is 6.25. The van der Waals surface area contributed by atoms with Gasteiger partial charge < -0.3 is 15.7 Å². The summed E-state index contributed by atoms with van der Waals surface area (Å²) in [4.78, 5) is 0. The molecule has 124 valence electrons. The van der Waals surface area contributed by atoms with Crippen molar-refractivity contribution in [3.05, 3.63) is 63.6 Å². The molecule has 0 fully saturated rings. The maximum Gasteiger partial charge on any atom is 0.115 e. The molecular formula is C18H22Cl2N2O. The summed E-state index contributed by atoms with van der Waals surface area (Å²) >= 11 is 12.0. The molecule has 0 radical (unpaired) electrons. The predicted molar refractivity (Wildman–Crippen MR) is 97.7 cm³/mol. The molecule has 0 aliphatic carbocycles. The molecule has 0 aliphatic heterocycles. The molecule has 3 nitrogen and oxygen atoms in total. The first-order valence-electron chi connectivity index (χ1n) is 7.78. The number of phenols is 1. The lowest BCUT2D eigenvalue weighted by molar-refractivity contribution is 0.475. The zero-order valence-corrected chi connectivity index (χ0v) is 14.5. The fourth-order valence-corrected chi connectivity index (χ4v) is 2.77. The lowest BCUT2D eigenvalue weighted by Gasteiger charge is -2.08. The number of aromatic hydroxyl groups is 1. The van der Waals surface area contributed by atoms with Crippen molar-refractivity contribution in [2.75, 3.05) is 26.2 Å². The van der Waals surface area contributed by atoms with E-state index in [2.05, 4.69) is 10.6 Å². The van der Waals surface area contributed by atoms with E-state index in [4.69, 9.17) is 23.2 Å². The number of hydrogen-bond donors (Lipinski definition) is 3. The van der Waals surface area contributed by atoms with Gasteiger partial charge in [0.05, 0.1) is 0 Å². The van der Waals surface area contributed by atoms with E-state index in [0.717, 1.165) is 49.6 Å². The van der Waals surface area contributed by atoms with E-state index >= 15 is 0 Å². The van der Waals surface area contributed by atoms with Gasteiger partial charge in [-0.15, -0.1) is 0 Å². The van der Waals surface area contributed by atoms with E-state index in [1.807, 2.05) is 24.3 Å². The van der Waals surface area contributed by atoms with Gasteiger partial charge in [0.25, 0.3) is 0 Å². The predicted octanol–water partition coefficient (Wildman–Crippen LogP) is 3.66. The lowest BCUT2D eigenvalue weighted by Crippen LogP contribution is -2.29. The van der Waals surface area contributed by atoms with Crippen LogP contribution in [0.5, 0.6) is 5.75 Å². The molecule has 5 heteroatoms. The average Bonchev–Trinajstić information content (AvgIpc) is 2.53. The third-order valence-electron chi connectivity index (χ3n) is 3.59. The Morgan fingerprint density at radius 1 is 0.783 bits per heavy atom. The molecular weight excluding hydrogens is 331 g/mol. The molecule has 0 saturated carbocycles. The molecule has 0 aromatic heterocycles. The van der Waals surface area contributed by atoms with Gasteiger partial charge in [0.15, 0.2) is 0 Å². The van der Waals surface area contributed by atoms with Gasteiger partial charge in [0.1, 0.15) is 5.75 Å². The largest absolute Gasteiger partial charge is 0.508 e. The Morgan fingerprint density at radius 2 is 1.43 bits per heavy atom. The quantitative estimate of drug-likeness (QED) is 0.603. The van der Waals surface area contributed by atoms with E-state index < -0.39 is 0 Å². The van der Waals surface area contributed by atoms with E-state index in [9.17, 15) is 5.11 Å². The van der Waals surface area contributed by atoms with E-state index in [1.54, 1.807) is 18.2 Å². The number of hydrogen-bond acceptors (Lipinski definition) is 3. The van der Waals surface area contributed by atoms with Crippen LogP contribution >= 0.6 is 23.2 Å². The summed E-state index contributed by atoms with van der Waals surface area (Å²) in [5, 5.41) is 17.4. The van der Waals surface area contributed by atoms with Crippen molar-refractivity contribution >= 4 is 23.2 Å². The summed E-state index contributed by atoms with van der Waals surface area (Å²) in [6.07, 6.45) is 1.85. The summed E-state index contributed by atoms with van der Waals surface area (Å²) in [6, 6.07) is 13.0. The van der Waals surface area contributed by atoms with Gasteiger partial charge in [-0.2, -0.15) is 0 Å². The zero-order valence-electron chi connectivity index (χ0n) is 13.0. The first-order chi connectivity index (χ1) is 11.1. The summed E-state index contributed by atoms with van der Waals surface area (Å²) in [5.41, 5.74) is 2.34. The minimum Gasteiger partial charge on any atom is -0.508 e. The maximum absolute atomic E-state index is 9.22. The summed E-state index contributed by atoms with van der Waals surface area (Å²) < 4.78 is 0. The van der Waals surface area contributed by atoms with Crippen LogP contribution in [-0.2, 0) is 12.8 Å². The third kappa shape index (κ3) is 6.80. The number of rotatable bonds is 9. The first-order valence-corrected chi connectivity index (χ1v) is 8.54. The van der Waals surface area contributed by atoms with Gasteiger partial charge in [-0.25, -0.2) is 0 Å². The maximum atomic E-state index is 9.22. The molecule has 2 rings (SSSR count). The van der Waals surface area contributed by atoms with Crippen LogP contribution in [0.2, 0.25) is 10.0 Å². The Kier molecular flexibility index (Phi) is 7.69. The van der Waals surface area contributed by atoms with Crippen LogP contribution in [0.3, 0.4) is 0 Å². The van der Waals surface area contributed by atoms with Crippen molar-refractivity contribution in [3.63, 3.8) is 0 Å². The highest BCUT2D eigenvalue weighted by molar-refractivity contribution is 6.35. The van der Waals surface area contributed by atoms with Crippen molar-refractivity contribution in [1.82, 2.24) is 10.6 Å². The van der Waals surface area contributed by atoms with Gasteiger partial charge in [0, 0.05) is 23.1 Å². The van der Waals surface area contributed by atoms with E-state index in [0.29, 0.717) is 10.8 Å². The summed E-state index contributed by atoms with van der Waals surface area (Å²) in [7, 11) is 0. The fraction of sp³-hybridized carbons (Fsp3) is 0.333. The van der Waals surface area contributed by atoms with Gasteiger partial charge in [-0.3, -0.25) is 0 Å². The van der Waals surface area contributed by atoms with Crippen LogP contribution in [0.15, 0.2) is 42.5 Å². The summed E-state index contributed by atoms with van der Waals surface area (Å²) in [5.74, 6) is 0.312. The smallest absolute Gasteiger partial charge is 0.115 e. The fourth-order valence-electron chi connectivity index (χ4n) is 2.27. The standard InChI is InChI=1S/C18H22Cl2N2O/c19-16-4-3-15(18(20)13-16)8-10-22-12-11-21-9-7-14-1-5-17(23)6-2-14/h1-6,13,21-23H,7-12H2. The molecule has 2 aromatic carbocycles. The highest BCUT2D eigenvalue weighted by Gasteiger charge is 2.00. The second kappa shape index (κ2) is 9.78. The normalized spacial score (nSPS) is 10.9. The monoisotopic (exact) mass is 352 g/mol. The van der Waals surface area contributed by atoms with Gasteiger partial charge in [-0.1, -0.05) is 41.4 Å². The Hall–Kier alpha value is -1.26. The molecule has 0 heterocycles. The molecule has 0 aliphatic rings. The SMILES string of the molecule is Oc1ccc(CCNCCNCCc2ccc(Cl)cc2Cl)cc1. The van der Waals surface area contributed by atoms with Crippen molar-refractivity contribution in [1.29, 1.82) is 0 Å². The van der Waals surface area contributed by atoms with Gasteiger partial charge >= 0.3 is 0 Å². The third-order valence-corrected chi connectivity index (χ3v) is 4.18. The van der Waals surface area contributed by atoms with Crippen LogP contribution in [0.4, 0.5) is 0 Å². The summed E-state index contributed by atoms with van der Waals surface area (Å²) in [6.45, 7) is 3.66. The second-order valence-electron chi connectivity index (χ2n) is 5.40. The van der Waals surface area contributed by atoms with Crippen LogP contribution in [0, 0.1) is 0 Å². The molecule has 0 saturated heterocycles. The molecule has 2 aromatic rings. The molecule has 0 unspecified atom stereocenters. The molecule has 0 spiro atoms. The van der Waals surface area contributed by atoms with Crippen LogP contribution < -0.4 is 10.6 Å². The number of halogens is 2. The van der Waals surface area contributed by atoms with Crippen molar-refractivity contribution < 1.29 is 5.11 Å². The Morgan fingerprint density at radius 3 is 2.09 bits per heavy atom. The van der Waals surface area contributed by atoms with Crippen LogP contribution in [0.1, 0.15) is 11.1 Å². The zero-order chi connectivity index (χ0) is 16.5. The minimum absolute atomic E-state index is 0.312. The van der Waals surface area contributed by atoms with Crippen LogP contribution in [-0.4, -0.2) is 31.3 Å². The highest BCUT2D eigenvalue weighted by atomic mass is 35.5. The highest BCUT2D eigenvalue weighted by Crippen LogP contribution is 2.20. The van der Waals surface area contributed by atoms with E-state index in [1.165, 1.54) is 5.56 Å². The van der Waals surface area contributed by atoms with Crippen molar-refractivity contribution in [3.8, 4) is 5.75 Å². The molecule has 3 N–H and O–H groups in total. The van der Waals surface area contributed by atoms with Crippen molar-refractivity contribution in [2.24, 2.45) is 0 Å². The number of benzene rings is 2. The minimum atomic E-state index is 0.312. The average molecular weight is 353 g/mol. The van der Waals surface area contributed by atoms with Crippen LogP contribution in [0.25, 0.3) is 0 Å². The first kappa shape index (κ1) is 18.1. The van der Waals surface area contributed by atoms with Crippen molar-refractivity contribution in [2.45, 2.75) is 12.8 Å². The Balaban J connectivity index is 1.51. The topological polar surface area (TPSA) is 44.3 Å². The molecule has 0 amide bonds. The number of phenolic OH excluding ortho intramolecular Hbond substituents is 1. The van der Waals surface area contributed by atoms with E-state index in [-0.39, 0.29) is 0 Å². The molecule has 0 bridgehead atoms. The lowest BCUT2D eigenvalue weighted by atomic mass is 10.1. The molecule has 0 atom stereocenters. The van der Waals surface area contributed by atoms with Gasteiger partial charge in [-0.05, 0) is 61.3 Å². The Bertz CT molecular complexity index is 602. The number of nitrogens with one attached hydrogen (secondary N) is 2.